The molecule has 1 fully saturated rings. The fourth-order valence-electron chi connectivity index (χ4n) is 3.01. The van der Waals surface area contributed by atoms with Crippen LogP contribution in [0.3, 0.4) is 0 Å². The molecule has 1 aliphatic heterocycles. The number of sulfonamides is 2. The maximum absolute atomic E-state index is 12.9. The molecule has 0 unspecified atom stereocenters. The molecule has 1 aromatic rings. The van der Waals surface area contributed by atoms with Gasteiger partial charge < -0.3 is 10.1 Å². The monoisotopic (exact) mass is 423 g/mol. The molecular formula is C15H25N3O5S3. The molecule has 1 aliphatic carbocycles. The Balaban J connectivity index is 1.87. The molecule has 1 atom stereocenters. The highest BCUT2D eigenvalue weighted by Crippen LogP contribution is 2.40. The van der Waals surface area contributed by atoms with Crippen LogP contribution in [0.5, 0.6) is 0 Å². The predicted molar refractivity (Wildman–Crippen MR) is 99.0 cm³/mol. The normalized spacial score (nSPS) is 23.1. The van der Waals surface area contributed by atoms with E-state index < -0.39 is 20.0 Å². The van der Waals surface area contributed by atoms with Crippen LogP contribution >= 0.6 is 11.3 Å². The first-order valence-electron chi connectivity index (χ1n) is 8.62. The van der Waals surface area contributed by atoms with Gasteiger partial charge >= 0.3 is 0 Å². The number of hydrogen-bond donors (Lipinski definition) is 2. The predicted octanol–water partition coefficient (Wildman–Crippen LogP) is 0.867. The molecule has 0 saturated heterocycles. The number of nitrogens with one attached hydrogen (secondary N) is 1. The summed E-state index contributed by atoms with van der Waals surface area (Å²) >= 11 is 0.957. The number of fused-ring (bicyclic) bond motifs is 1. The highest BCUT2D eigenvalue weighted by atomic mass is 32.2. The van der Waals surface area contributed by atoms with Crippen molar-refractivity contribution in [3.63, 3.8) is 0 Å². The fourth-order valence-corrected chi connectivity index (χ4v) is 7.12. The first-order valence-corrected chi connectivity index (χ1v) is 12.4. The number of methoxy groups -OCH3 is 1. The van der Waals surface area contributed by atoms with Crippen molar-refractivity contribution in [2.75, 3.05) is 33.4 Å². The standard InChI is InChI=1S/C15H25N3O5S3/c1-23-7-3-2-6-18-10-12(17-9-11-4-5-11)15-13(26(18,21)22)8-14(24-15)25(16,19)20/h8,11-12,17H,2-7,9-10H2,1H3,(H2,16,19,20)/t12-/m1/s1. The van der Waals surface area contributed by atoms with Crippen LogP contribution in [0, 0.1) is 5.92 Å². The maximum Gasteiger partial charge on any atom is 0.247 e. The first-order chi connectivity index (χ1) is 12.2. The Morgan fingerprint density at radius 1 is 1.38 bits per heavy atom. The van der Waals surface area contributed by atoms with E-state index in [1.165, 1.54) is 23.2 Å². The van der Waals surface area contributed by atoms with Crippen LogP contribution in [-0.4, -0.2) is 54.5 Å². The molecule has 11 heteroatoms. The highest BCUT2D eigenvalue weighted by molar-refractivity contribution is 7.92. The van der Waals surface area contributed by atoms with Gasteiger partial charge in [-0.25, -0.2) is 22.0 Å². The molecule has 0 amide bonds. The molecule has 2 aliphatic rings. The second kappa shape index (κ2) is 7.82. The summed E-state index contributed by atoms with van der Waals surface area (Å²) in [6.07, 6.45) is 3.81. The van der Waals surface area contributed by atoms with E-state index in [1.54, 1.807) is 7.11 Å². The van der Waals surface area contributed by atoms with Crippen molar-refractivity contribution >= 4 is 31.4 Å². The number of rotatable bonds is 9. The molecule has 3 N–H and O–H groups in total. The van der Waals surface area contributed by atoms with Crippen molar-refractivity contribution in [1.82, 2.24) is 9.62 Å². The van der Waals surface area contributed by atoms with E-state index in [9.17, 15) is 16.8 Å². The average molecular weight is 424 g/mol. The Kier molecular flexibility index (Phi) is 6.07. The van der Waals surface area contributed by atoms with E-state index in [4.69, 9.17) is 9.88 Å². The summed E-state index contributed by atoms with van der Waals surface area (Å²) in [5.41, 5.74) is 0. The number of thiophene rings is 1. The Labute approximate surface area is 158 Å². The van der Waals surface area contributed by atoms with Gasteiger partial charge in [-0.3, -0.25) is 0 Å². The van der Waals surface area contributed by atoms with E-state index in [0.29, 0.717) is 36.9 Å². The van der Waals surface area contributed by atoms with Crippen molar-refractivity contribution in [2.24, 2.45) is 11.1 Å². The lowest BCUT2D eigenvalue weighted by atomic mass is 10.2. The van der Waals surface area contributed by atoms with Crippen molar-refractivity contribution in [1.29, 1.82) is 0 Å². The summed E-state index contributed by atoms with van der Waals surface area (Å²) in [7, 11) is -6.05. The molecule has 2 heterocycles. The fraction of sp³-hybridized carbons (Fsp3) is 0.733. The summed E-state index contributed by atoms with van der Waals surface area (Å²) in [6.45, 7) is 2.08. The molecule has 26 heavy (non-hydrogen) atoms. The van der Waals surface area contributed by atoms with Gasteiger partial charge in [0.15, 0.2) is 0 Å². The largest absolute Gasteiger partial charge is 0.385 e. The molecule has 8 nitrogen and oxygen atoms in total. The third-order valence-corrected chi connectivity index (χ3v) is 9.36. The molecule has 0 radical (unpaired) electrons. The van der Waals surface area contributed by atoms with Crippen LogP contribution < -0.4 is 10.5 Å². The second-order valence-corrected chi connectivity index (χ2v) is 11.6. The first kappa shape index (κ1) is 20.2. The number of nitrogens with zero attached hydrogens (tertiary/aromatic N) is 1. The Morgan fingerprint density at radius 3 is 2.73 bits per heavy atom. The number of hydrogen-bond acceptors (Lipinski definition) is 7. The topological polar surface area (TPSA) is 119 Å². The van der Waals surface area contributed by atoms with Gasteiger partial charge in [0.05, 0.1) is 10.9 Å². The van der Waals surface area contributed by atoms with Crippen molar-refractivity contribution in [3.8, 4) is 0 Å². The molecule has 3 rings (SSSR count). The van der Waals surface area contributed by atoms with E-state index in [2.05, 4.69) is 5.32 Å². The zero-order valence-corrected chi connectivity index (χ0v) is 17.1. The molecular weight excluding hydrogens is 398 g/mol. The lowest BCUT2D eigenvalue weighted by Crippen LogP contribution is -2.44. The quantitative estimate of drug-likeness (QED) is 0.569. The lowest BCUT2D eigenvalue weighted by molar-refractivity contribution is 0.189. The van der Waals surface area contributed by atoms with Crippen LogP contribution in [0.25, 0.3) is 0 Å². The minimum absolute atomic E-state index is 0.0674. The van der Waals surface area contributed by atoms with E-state index in [0.717, 1.165) is 24.3 Å². The zero-order valence-electron chi connectivity index (χ0n) is 14.7. The van der Waals surface area contributed by atoms with Crippen LogP contribution in [0.15, 0.2) is 15.2 Å². The minimum Gasteiger partial charge on any atom is -0.385 e. The van der Waals surface area contributed by atoms with Gasteiger partial charge in [0, 0.05) is 31.7 Å². The third kappa shape index (κ3) is 4.46. The molecule has 0 bridgehead atoms. The number of unbranched alkanes of at least 4 members (excludes halogenated alkanes) is 1. The molecule has 1 saturated carbocycles. The molecule has 1 aromatic heterocycles. The van der Waals surface area contributed by atoms with Gasteiger partial charge in [-0.15, -0.1) is 11.3 Å². The summed E-state index contributed by atoms with van der Waals surface area (Å²) < 4.78 is 55.7. The highest BCUT2D eigenvalue weighted by Gasteiger charge is 2.40. The number of primary sulfonamides is 1. The Bertz CT molecular complexity index is 846. The van der Waals surface area contributed by atoms with Crippen molar-refractivity contribution in [2.45, 2.75) is 40.8 Å². The van der Waals surface area contributed by atoms with Gasteiger partial charge in [-0.2, -0.15) is 4.31 Å². The molecule has 148 valence electrons. The Hall–Kier alpha value is -0.560. The second-order valence-electron chi connectivity index (χ2n) is 6.81. The number of ether oxygens (including phenoxy) is 1. The maximum atomic E-state index is 12.9. The molecule has 0 aromatic carbocycles. The van der Waals surface area contributed by atoms with Crippen molar-refractivity contribution < 1.29 is 21.6 Å². The van der Waals surface area contributed by atoms with Gasteiger partial charge in [0.2, 0.25) is 20.0 Å². The SMILES string of the molecule is COCCCCN1C[C@@H](NCC2CC2)c2sc(S(N)(=O)=O)cc2S1(=O)=O. The van der Waals surface area contributed by atoms with Gasteiger partial charge in [0.25, 0.3) is 0 Å². The van der Waals surface area contributed by atoms with E-state index in [-0.39, 0.29) is 15.1 Å². The lowest BCUT2D eigenvalue weighted by Gasteiger charge is -2.32. The van der Waals surface area contributed by atoms with Crippen LogP contribution in [0.2, 0.25) is 0 Å². The third-order valence-electron chi connectivity index (χ3n) is 4.66. The summed E-state index contributed by atoms with van der Waals surface area (Å²) in [6, 6.07) is 0.995. The smallest absolute Gasteiger partial charge is 0.247 e. The van der Waals surface area contributed by atoms with E-state index >= 15 is 0 Å². The van der Waals surface area contributed by atoms with Crippen molar-refractivity contribution in [3.05, 3.63) is 10.9 Å². The Morgan fingerprint density at radius 2 is 2.12 bits per heavy atom. The van der Waals surface area contributed by atoms with Gasteiger partial charge in [-0.05, 0) is 44.2 Å². The summed E-state index contributed by atoms with van der Waals surface area (Å²) in [5.74, 6) is 0.629. The molecule has 0 spiro atoms. The zero-order chi connectivity index (χ0) is 18.9. The summed E-state index contributed by atoms with van der Waals surface area (Å²) in [4.78, 5) is 0.612. The van der Waals surface area contributed by atoms with E-state index in [1.807, 2.05) is 0 Å². The van der Waals surface area contributed by atoms with Gasteiger partial charge in [-0.1, -0.05) is 0 Å². The van der Waals surface area contributed by atoms with Crippen LogP contribution in [0.4, 0.5) is 0 Å². The summed E-state index contributed by atoms with van der Waals surface area (Å²) in [5, 5.41) is 8.64. The van der Waals surface area contributed by atoms with Crippen LogP contribution in [-0.2, 0) is 24.8 Å². The number of nitrogens with two attached hydrogens (primary N) is 1. The van der Waals surface area contributed by atoms with Gasteiger partial charge in [0.1, 0.15) is 4.21 Å². The van der Waals surface area contributed by atoms with Crippen LogP contribution in [0.1, 0.15) is 36.6 Å². The minimum atomic E-state index is -3.94. The average Bonchev–Trinajstić information content (AvgIpc) is 3.25.